The van der Waals surface area contributed by atoms with Crippen molar-refractivity contribution in [1.82, 2.24) is 4.57 Å². The first-order valence-electron chi connectivity index (χ1n) is 9.13. The molecule has 3 N–H and O–H groups in total. The van der Waals surface area contributed by atoms with E-state index in [9.17, 15) is 15.0 Å². The van der Waals surface area contributed by atoms with Gasteiger partial charge in [-0.1, -0.05) is 0 Å². The molecule has 0 saturated heterocycles. The molecule has 0 aliphatic heterocycles. The third-order valence-corrected chi connectivity index (χ3v) is 7.36. The predicted molar refractivity (Wildman–Crippen MR) is 101 cm³/mol. The van der Waals surface area contributed by atoms with E-state index < -0.39 is 0 Å². The standard InChI is InChI=1S/C20H22N2O3S/c1-26-12-4-2-11(3-5-12)21-15(23)10-22-18(24)16-13-6-7-14(17(16)19(22)25)20(13)8-9-20/h2-5,13-14,24-25H,6-10H2,1H3,(H,21,23). The number of carbonyl (C=O) groups excluding carboxylic acids is 1. The summed E-state index contributed by atoms with van der Waals surface area (Å²) >= 11 is 1.64. The number of benzene rings is 1. The van der Waals surface area contributed by atoms with Gasteiger partial charge >= 0.3 is 0 Å². The molecule has 2 aromatic rings. The largest absolute Gasteiger partial charge is 0.494 e. The lowest BCUT2D eigenvalue weighted by Gasteiger charge is -2.16. The van der Waals surface area contributed by atoms with Crippen LogP contribution in [-0.4, -0.2) is 26.9 Å². The van der Waals surface area contributed by atoms with Crippen LogP contribution in [-0.2, 0) is 11.3 Å². The fourth-order valence-electron chi connectivity index (χ4n) is 5.34. The Morgan fingerprint density at radius 1 is 1.15 bits per heavy atom. The molecular formula is C20H22N2O3S. The fraction of sp³-hybridized carbons (Fsp3) is 0.450. The van der Waals surface area contributed by atoms with Gasteiger partial charge in [0.25, 0.3) is 0 Å². The molecule has 1 heterocycles. The summed E-state index contributed by atoms with van der Waals surface area (Å²) in [6, 6.07) is 7.62. The highest BCUT2D eigenvalue weighted by molar-refractivity contribution is 7.98. The van der Waals surface area contributed by atoms with Crippen molar-refractivity contribution in [2.75, 3.05) is 11.6 Å². The first-order valence-corrected chi connectivity index (χ1v) is 10.4. The van der Waals surface area contributed by atoms with E-state index in [0.717, 1.165) is 28.9 Å². The van der Waals surface area contributed by atoms with Gasteiger partial charge in [0.2, 0.25) is 5.91 Å². The molecule has 5 rings (SSSR count). The van der Waals surface area contributed by atoms with Crippen LogP contribution in [0.5, 0.6) is 11.8 Å². The van der Waals surface area contributed by atoms with Gasteiger partial charge < -0.3 is 15.5 Å². The number of nitrogens with one attached hydrogen (secondary N) is 1. The smallest absolute Gasteiger partial charge is 0.244 e. The van der Waals surface area contributed by atoms with Crippen molar-refractivity contribution in [3.63, 3.8) is 0 Å². The van der Waals surface area contributed by atoms with Gasteiger partial charge in [0.05, 0.1) is 0 Å². The summed E-state index contributed by atoms with van der Waals surface area (Å²) in [6.07, 6.45) is 6.57. The Bertz CT molecular complexity index is 861. The Kier molecular flexibility index (Phi) is 3.38. The van der Waals surface area contributed by atoms with Crippen molar-refractivity contribution in [2.24, 2.45) is 5.41 Å². The molecule has 3 aliphatic carbocycles. The van der Waals surface area contributed by atoms with Crippen molar-refractivity contribution in [1.29, 1.82) is 0 Å². The molecule has 1 aromatic carbocycles. The van der Waals surface area contributed by atoms with Crippen molar-refractivity contribution >= 4 is 23.4 Å². The van der Waals surface area contributed by atoms with Crippen molar-refractivity contribution in [3.05, 3.63) is 35.4 Å². The Labute approximate surface area is 156 Å². The number of anilines is 1. The Morgan fingerprint density at radius 3 is 2.23 bits per heavy atom. The van der Waals surface area contributed by atoms with E-state index in [4.69, 9.17) is 0 Å². The molecule has 2 saturated carbocycles. The molecule has 2 fully saturated rings. The molecule has 6 heteroatoms. The Balaban J connectivity index is 1.38. The van der Waals surface area contributed by atoms with Gasteiger partial charge in [0, 0.05) is 21.7 Å². The van der Waals surface area contributed by atoms with Gasteiger partial charge in [-0.05, 0) is 73.5 Å². The number of hydrogen-bond acceptors (Lipinski definition) is 4. The average molecular weight is 370 g/mol. The van der Waals surface area contributed by atoms with Crippen molar-refractivity contribution in [2.45, 2.75) is 49.0 Å². The van der Waals surface area contributed by atoms with Crippen LogP contribution < -0.4 is 5.32 Å². The zero-order valence-electron chi connectivity index (χ0n) is 14.7. The first-order chi connectivity index (χ1) is 12.5. The Morgan fingerprint density at radius 2 is 1.73 bits per heavy atom. The normalized spacial score (nSPS) is 24.0. The maximum atomic E-state index is 12.4. The number of hydrogen-bond donors (Lipinski definition) is 3. The van der Waals surface area contributed by atoms with Gasteiger partial charge in [-0.15, -0.1) is 11.8 Å². The van der Waals surface area contributed by atoms with Gasteiger partial charge in [0.15, 0.2) is 11.8 Å². The number of amides is 1. The molecule has 2 atom stereocenters. The first kappa shape index (κ1) is 16.1. The molecule has 26 heavy (non-hydrogen) atoms. The zero-order valence-corrected chi connectivity index (χ0v) is 15.5. The zero-order chi connectivity index (χ0) is 18.1. The average Bonchev–Trinajstić information content (AvgIpc) is 3.25. The number of thioether (sulfide) groups is 1. The van der Waals surface area contributed by atoms with Gasteiger partial charge in [-0.3, -0.25) is 9.36 Å². The number of aromatic nitrogens is 1. The number of fused-ring (bicyclic) bond motifs is 3. The van der Waals surface area contributed by atoms with Gasteiger partial charge in [-0.2, -0.15) is 0 Å². The van der Waals surface area contributed by atoms with Crippen LogP contribution in [0.3, 0.4) is 0 Å². The van der Waals surface area contributed by atoms with E-state index >= 15 is 0 Å². The maximum absolute atomic E-state index is 12.4. The summed E-state index contributed by atoms with van der Waals surface area (Å²) in [6.45, 7) is -0.0820. The van der Waals surface area contributed by atoms with Crippen LogP contribution in [0.2, 0.25) is 0 Å². The SMILES string of the molecule is CSc1ccc(NC(=O)Cn2c(O)c3c(c2O)C2CCC3C23CC3)cc1. The molecule has 3 aliphatic rings. The molecule has 1 amide bonds. The second-order valence-corrected chi connectivity index (χ2v) is 8.63. The summed E-state index contributed by atoms with van der Waals surface area (Å²) in [5.74, 6) is 0.635. The highest BCUT2D eigenvalue weighted by atomic mass is 32.2. The summed E-state index contributed by atoms with van der Waals surface area (Å²) in [4.78, 5) is 13.6. The number of carbonyl (C=O) groups is 1. The minimum atomic E-state index is -0.255. The number of nitrogens with zero attached hydrogens (tertiary/aromatic N) is 1. The van der Waals surface area contributed by atoms with Crippen LogP contribution in [0.15, 0.2) is 29.2 Å². The second kappa shape index (κ2) is 5.46. The van der Waals surface area contributed by atoms with Crippen molar-refractivity contribution in [3.8, 4) is 11.8 Å². The third kappa shape index (κ3) is 2.08. The van der Waals surface area contributed by atoms with Gasteiger partial charge in [0.1, 0.15) is 6.54 Å². The van der Waals surface area contributed by atoms with Crippen molar-refractivity contribution < 1.29 is 15.0 Å². The lowest BCUT2D eigenvalue weighted by atomic mass is 9.91. The predicted octanol–water partition coefficient (Wildman–Crippen LogP) is 4.01. The van der Waals surface area contributed by atoms with Crippen LogP contribution in [0.4, 0.5) is 5.69 Å². The lowest BCUT2D eigenvalue weighted by Crippen LogP contribution is -2.19. The molecule has 1 aromatic heterocycles. The van der Waals surface area contributed by atoms with E-state index in [1.54, 1.807) is 11.8 Å². The minimum Gasteiger partial charge on any atom is -0.494 e. The van der Waals surface area contributed by atoms with E-state index in [-0.39, 0.29) is 24.2 Å². The molecular weight excluding hydrogens is 348 g/mol. The topological polar surface area (TPSA) is 74.5 Å². The number of aromatic hydroxyl groups is 2. The van der Waals surface area contributed by atoms with Crippen LogP contribution >= 0.6 is 11.8 Å². The fourth-order valence-corrected chi connectivity index (χ4v) is 5.75. The van der Waals surface area contributed by atoms with Gasteiger partial charge in [-0.25, -0.2) is 0 Å². The monoisotopic (exact) mass is 370 g/mol. The second-order valence-electron chi connectivity index (χ2n) is 7.75. The van der Waals surface area contributed by atoms with E-state index in [0.29, 0.717) is 22.9 Å². The summed E-state index contributed by atoms with van der Waals surface area (Å²) in [5.41, 5.74) is 2.84. The third-order valence-electron chi connectivity index (χ3n) is 6.62. The van der Waals surface area contributed by atoms with Crippen LogP contribution in [0, 0.1) is 5.41 Å². The van der Waals surface area contributed by atoms with Crippen LogP contribution in [0.25, 0.3) is 0 Å². The summed E-state index contributed by atoms with van der Waals surface area (Å²) in [5, 5.41) is 24.3. The molecule has 2 unspecified atom stereocenters. The molecule has 136 valence electrons. The van der Waals surface area contributed by atoms with E-state index in [1.807, 2.05) is 30.5 Å². The lowest BCUT2D eigenvalue weighted by molar-refractivity contribution is -0.116. The Hall–Kier alpha value is -2.08. The quantitative estimate of drug-likeness (QED) is 0.711. The minimum absolute atomic E-state index is 0.0820. The molecule has 0 radical (unpaired) electrons. The summed E-state index contributed by atoms with van der Waals surface area (Å²) in [7, 11) is 0. The maximum Gasteiger partial charge on any atom is 0.244 e. The van der Waals surface area contributed by atoms with Crippen LogP contribution in [0.1, 0.15) is 48.6 Å². The summed E-state index contributed by atoms with van der Waals surface area (Å²) < 4.78 is 1.37. The molecule has 2 bridgehead atoms. The molecule has 5 nitrogen and oxygen atoms in total. The highest BCUT2D eigenvalue weighted by Gasteiger charge is 2.66. The number of rotatable bonds is 4. The van der Waals surface area contributed by atoms with E-state index in [1.165, 1.54) is 17.4 Å². The highest BCUT2D eigenvalue weighted by Crippen LogP contribution is 2.78. The van der Waals surface area contributed by atoms with E-state index in [2.05, 4.69) is 5.32 Å². The molecule has 1 spiro atoms.